The van der Waals surface area contributed by atoms with Crippen LogP contribution in [0.5, 0.6) is 0 Å². The van der Waals surface area contributed by atoms with Crippen molar-refractivity contribution < 1.29 is 14.0 Å². The topological polar surface area (TPSA) is 87.7 Å². The molecular formula is C29H41FN6O2. The van der Waals surface area contributed by atoms with Gasteiger partial charge in [-0.15, -0.1) is 0 Å². The third kappa shape index (κ3) is 5.50. The molecule has 1 aliphatic carbocycles. The van der Waals surface area contributed by atoms with Gasteiger partial charge in [-0.25, -0.2) is 4.39 Å². The molecule has 2 aliphatic heterocycles. The number of nitrogens with two attached hydrogens (primary N) is 1. The molecule has 1 saturated carbocycles. The van der Waals surface area contributed by atoms with Crippen molar-refractivity contribution in [1.29, 1.82) is 0 Å². The van der Waals surface area contributed by atoms with E-state index in [1.165, 1.54) is 18.6 Å². The lowest BCUT2D eigenvalue weighted by atomic mass is 9.82. The molecule has 8 nitrogen and oxygen atoms in total. The lowest BCUT2D eigenvalue weighted by Gasteiger charge is -2.47. The maximum Gasteiger partial charge on any atom is 0.240 e. The highest BCUT2D eigenvalue weighted by Gasteiger charge is 2.45. The van der Waals surface area contributed by atoms with E-state index >= 15 is 0 Å². The lowest BCUT2D eigenvalue weighted by molar-refractivity contribution is -0.147. The summed E-state index contributed by atoms with van der Waals surface area (Å²) in [5.74, 6) is -0.370. The van der Waals surface area contributed by atoms with Crippen molar-refractivity contribution in [2.24, 2.45) is 11.7 Å². The second-order valence-electron chi connectivity index (χ2n) is 11.4. The predicted octanol–water partition coefficient (Wildman–Crippen LogP) is 3.17. The molecular weight excluding hydrogens is 483 g/mol. The minimum Gasteiger partial charge on any atom is -0.368 e. The number of carbonyl (C=O) groups is 2. The minimum atomic E-state index is -0.527. The zero-order valence-electron chi connectivity index (χ0n) is 22.6. The molecule has 9 heteroatoms. The summed E-state index contributed by atoms with van der Waals surface area (Å²) in [6.45, 7) is 4.79. The molecule has 0 bridgehead atoms. The molecule has 38 heavy (non-hydrogen) atoms. The summed E-state index contributed by atoms with van der Waals surface area (Å²) in [6.07, 6.45) is 9.41. The average Bonchev–Trinajstić information content (AvgIpc) is 3.58. The van der Waals surface area contributed by atoms with E-state index in [0.717, 1.165) is 62.9 Å². The summed E-state index contributed by atoms with van der Waals surface area (Å²) in [6, 6.07) is 7.79. The van der Waals surface area contributed by atoms with Gasteiger partial charge < -0.3 is 10.6 Å². The van der Waals surface area contributed by atoms with Crippen LogP contribution in [0.2, 0.25) is 0 Å². The van der Waals surface area contributed by atoms with E-state index in [-0.39, 0.29) is 29.7 Å². The van der Waals surface area contributed by atoms with Gasteiger partial charge in [0.15, 0.2) is 0 Å². The molecule has 0 unspecified atom stereocenters. The molecule has 4 atom stereocenters. The first-order chi connectivity index (χ1) is 18.3. The molecule has 206 valence electrons. The van der Waals surface area contributed by atoms with Crippen molar-refractivity contribution in [3.63, 3.8) is 0 Å². The van der Waals surface area contributed by atoms with Crippen molar-refractivity contribution in [2.75, 3.05) is 26.7 Å². The molecule has 2 aromatic rings. The molecule has 5 rings (SSSR count). The number of amides is 2. The lowest BCUT2D eigenvalue weighted by Crippen LogP contribution is -2.61. The Bertz CT molecular complexity index is 1110. The molecule has 2 N–H and O–H groups in total. The molecule has 0 radical (unpaired) electrons. The Morgan fingerprint density at radius 1 is 1.08 bits per heavy atom. The number of primary amides is 1. The Hall–Kier alpha value is -2.78. The van der Waals surface area contributed by atoms with Gasteiger partial charge in [0.1, 0.15) is 5.82 Å². The quantitative estimate of drug-likeness (QED) is 0.573. The van der Waals surface area contributed by atoms with Gasteiger partial charge in [0.25, 0.3) is 0 Å². The zero-order valence-corrected chi connectivity index (χ0v) is 22.6. The predicted molar refractivity (Wildman–Crippen MR) is 144 cm³/mol. The monoisotopic (exact) mass is 524 g/mol. The van der Waals surface area contributed by atoms with Crippen LogP contribution in [0.3, 0.4) is 0 Å². The summed E-state index contributed by atoms with van der Waals surface area (Å²) in [4.78, 5) is 33.3. The first-order valence-corrected chi connectivity index (χ1v) is 14.2. The molecule has 0 spiro atoms. The van der Waals surface area contributed by atoms with Gasteiger partial charge in [0.2, 0.25) is 11.8 Å². The normalized spacial score (nSPS) is 24.4. The first-order valence-electron chi connectivity index (χ1n) is 14.2. The highest BCUT2D eigenvalue weighted by atomic mass is 19.1. The van der Waals surface area contributed by atoms with Crippen molar-refractivity contribution in [2.45, 2.75) is 82.6 Å². The van der Waals surface area contributed by atoms with Gasteiger partial charge >= 0.3 is 0 Å². The number of aromatic nitrogens is 2. The van der Waals surface area contributed by atoms with Crippen LogP contribution in [-0.4, -0.2) is 81.1 Å². The molecule has 1 aromatic heterocycles. The number of rotatable bonds is 8. The standard InChI is InChI=1S/C29H41FN6O2/c1-20(28(31)37)33(2)27(22-7-4-3-5-8-22)29(38)35-18-24-9-6-16-34(24)19-26(35)25-14-15-32-36(25)17-21-10-12-23(30)13-11-21/h10-15,20,22,24,26-27H,3-9,16-19H2,1-2H3,(H2,31,37)/t20-,24+,26-,27-/m0/s1. The molecule has 3 fully saturated rings. The molecule has 3 heterocycles. The van der Waals surface area contributed by atoms with Crippen LogP contribution < -0.4 is 5.73 Å². The number of benzene rings is 1. The van der Waals surface area contributed by atoms with E-state index in [1.807, 2.05) is 22.7 Å². The molecule has 2 amide bonds. The van der Waals surface area contributed by atoms with Gasteiger partial charge in [-0.3, -0.25) is 24.1 Å². The Balaban J connectivity index is 1.47. The summed E-state index contributed by atoms with van der Waals surface area (Å²) in [5, 5.41) is 4.60. The number of halogens is 1. The second kappa shape index (κ2) is 11.5. The Kier molecular flexibility index (Phi) is 8.14. The van der Waals surface area contributed by atoms with Crippen LogP contribution in [0.15, 0.2) is 36.5 Å². The minimum absolute atomic E-state index is 0.0959. The fourth-order valence-electron chi connectivity index (χ4n) is 6.80. The average molecular weight is 525 g/mol. The maximum absolute atomic E-state index is 14.6. The van der Waals surface area contributed by atoms with E-state index in [1.54, 1.807) is 25.3 Å². The van der Waals surface area contributed by atoms with Crippen LogP contribution in [0, 0.1) is 11.7 Å². The molecule has 3 aliphatic rings. The van der Waals surface area contributed by atoms with Crippen LogP contribution in [0.25, 0.3) is 0 Å². The van der Waals surface area contributed by atoms with E-state index < -0.39 is 11.9 Å². The molecule has 1 aromatic carbocycles. The van der Waals surface area contributed by atoms with Gasteiger partial charge in [0.05, 0.1) is 30.4 Å². The largest absolute Gasteiger partial charge is 0.368 e. The Morgan fingerprint density at radius 3 is 2.53 bits per heavy atom. The van der Waals surface area contributed by atoms with Crippen LogP contribution in [0.4, 0.5) is 4.39 Å². The number of hydrogen-bond acceptors (Lipinski definition) is 5. The van der Waals surface area contributed by atoms with E-state index in [0.29, 0.717) is 19.1 Å². The van der Waals surface area contributed by atoms with Crippen LogP contribution >= 0.6 is 0 Å². The van der Waals surface area contributed by atoms with E-state index in [2.05, 4.69) is 14.9 Å². The van der Waals surface area contributed by atoms with E-state index in [9.17, 15) is 14.0 Å². The number of fused-ring (bicyclic) bond motifs is 1. The highest BCUT2D eigenvalue weighted by Crippen LogP contribution is 2.37. The second-order valence-corrected chi connectivity index (χ2v) is 11.4. The summed E-state index contributed by atoms with van der Waals surface area (Å²) >= 11 is 0. The van der Waals surface area contributed by atoms with Crippen molar-refractivity contribution >= 4 is 11.8 Å². The van der Waals surface area contributed by atoms with Gasteiger partial charge in [0, 0.05) is 25.3 Å². The number of piperazine rings is 1. The van der Waals surface area contributed by atoms with Crippen molar-refractivity contribution in [3.8, 4) is 0 Å². The fraction of sp³-hybridized carbons (Fsp3) is 0.621. The SMILES string of the molecule is C[C@@H](C(N)=O)N(C)[C@H](C(=O)N1C[C@H]2CCCN2C[C@H]1c1ccnn1Cc1ccc(F)cc1)C1CCCCC1. The third-order valence-electron chi connectivity index (χ3n) is 9.12. The third-order valence-corrected chi connectivity index (χ3v) is 9.12. The van der Waals surface area contributed by atoms with E-state index in [4.69, 9.17) is 5.73 Å². The van der Waals surface area contributed by atoms with Gasteiger partial charge in [-0.05, 0) is 75.9 Å². The van der Waals surface area contributed by atoms with Gasteiger partial charge in [-0.2, -0.15) is 5.10 Å². The smallest absolute Gasteiger partial charge is 0.240 e. The number of carbonyl (C=O) groups excluding carboxylic acids is 2. The summed E-state index contributed by atoms with van der Waals surface area (Å²) in [7, 11) is 1.88. The number of hydrogen-bond donors (Lipinski definition) is 1. The zero-order chi connectivity index (χ0) is 26.8. The Morgan fingerprint density at radius 2 is 1.82 bits per heavy atom. The summed E-state index contributed by atoms with van der Waals surface area (Å²) < 4.78 is 15.4. The van der Waals surface area contributed by atoms with Crippen LogP contribution in [-0.2, 0) is 16.1 Å². The summed E-state index contributed by atoms with van der Waals surface area (Å²) in [5.41, 5.74) is 7.66. The van der Waals surface area contributed by atoms with Crippen LogP contribution in [0.1, 0.15) is 69.2 Å². The number of likely N-dealkylation sites (N-methyl/N-ethyl adjacent to an activating group) is 1. The maximum atomic E-state index is 14.6. The van der Waals surface area contributed by atoms with Crippen molar-refractivity contribution in [3.05, 3.63) is 53.6 Å². The van der Waals surface area contributed by atoms with Gasteiger partial charge in [-0.1, -0.05) is 31.4 Å². The van der Waals surface area contributed by atoms with Crippen molar-refractivity contribution in [1.82, 2.24) is 24.5 Å². The first kappa shape index (κ1) is 26.8. The number of nitrogens with zero attached hydrogens (tertiary/aromatic N) is 5. The fourth-order valence-corrected chi connectivity index (χ4v) is 6.80. The Labute approximate surface area is 224 Å². The highest BCUT2D eigenvalue weighted by molar-refractivity contribution is 5.85. The molecule has 2 saturated heterocycles.